The Balaban J connectivity index is 2.00. The summed E-state index contributed by atoms with van der Waals surface area (Å²) in [7, 11) is 0. The van der Waals surface area contributed by atoms with Crippen molar-refractivity contribution in [3.05, 3.63) is 35.4 Å². The number of hydrogen-bond acceptors (Lipinski definition) is 2. The van der Waals surface area contributed by atoms with Crippen LogP contribution in [0, 0.1) is 18.8 Å². The lowest BCUT2D eigenvalue weighted by atomic mass is 9.94. The number of amides is 1. The molecule has 0 radical (unpaired) electrons. The number of benzene rings is 1. The lowest BCUT2D eigenvalue weighted by Crippen LogP contribution is -2.36. The Hall–Kier alpha value is -1.84. The smallest absolute Gasteiger partial charge is 0.307 e. The monoisotopic (exact) mass is 275 g/mol. The number of carbonyl (C=O) groups is 2. The summed E-state index contributed by atoms with van der Waals surface area (Å²) >= 11 is 0. The van der Waals surface area contributed by atoms with Gasteiger partial charge < -0.3 is 10.4 Å². The predicted octanol–water partition coefficient (Wildman–Crippen LogP) is 2.67. The lowest BCUT2D eigenvalue weighted by Gasteiger charge is -2.20. The fraction of sp³-hybridized carbons (Fsp3) is 0.500. The van der Waals surface area contributed by atoms with Gasteiger partial charge in [0.1, 0.15) is 0 Å². The zero-order chi connectivity index (χ0) is 14.7. The van der Waals surface area contributed by atoms with Crippen molar-refractivity contribution in [1.82, 2.24) is 5.32 Å². The number of rotatable bonds is 4. The molecule has 0 spiro atoms. The molecule has 1 amide bonds. The molecule has 0 heterocycles. The van der Waals surface area contributed by atoms with Crippen molar-refractivity contribution in [2.75, 3.05) is 0 Å². The lowest BCUT2D eigenvalue weighted by molar-refractivity contribution is -0.146. The SMILES string of the molecule is Cc1ccc(C(C)NC(=O)C2CCCC2C(=O)O)cc1. The van der Waals surface area contributed by atoms with Crippen LogP contribution in [-0.2, 0) is 9.59 Å². The Labute approximate surface area is 119 Å². The molecule has 0 aliphatic heterocycles. The van der Waals surface area contributed by atoms with Gasteiger partial charge in [0.15, 0.2) is 0 Å². The second-order valence-corrected chi connectivity index (χ2v) is 5.62. The zero-order valence-corrected chi connectivity index (χ0v) is 11.9. The molecule has 1 aromatic carbocycles. The third kappa shape index (κ3) is 3.18. The van der Waals surface area contributed by atoms with E-state index < -0.39 is 11.9 Å². The van der Waals surface area contributed by atoms with Gasteiger partial charge in [-0.1, -0.05) is 36.2 Å². The first kappa shape index (κ1) is 14.6. The van der Waals surface area contributed by atoms with E-state index in [-0.39, 0.29) is 17.9 Å². The largest absolute Gasteiger partial charge is 0.481 e. The van der Waals surface area contributed by atoms with Gasteiger partial charge in [-0.15, -0.1) is 0 Å². The Morgan fingerprint density at radius 1 is 1.20 bits per heavy atom. The summed E-state index contributed by atoms with van der Waals surface area (Å²) in [5, 5.41) is 12.1. The summed E-state index contributed by atoms with van der Waals surface area (Å²) < 4.78 is 0. The molecule has 20 heavy (non-hydrogen) atoms. The molecule has 0 bridgehead atoms. The molecule has 0 aromatic heterocycles. The van der Waals surface area contributed by atoms with Crippen LogP contribution >= 0.6 is 0 Å². The minimum absolute atomic E-state index is 0.0989. The van der Waals surface area contributed by atoms with E-state index in [0.29, 0.717) is 12.8 Å². The average Bonchev–Trinajstić information content (AvgIpc) is 2.88. The summed E-state index contributed by atoms with van der Waals surface area (Å²) in [5.74, 6) is -1.91. The van der Waals surface area contributed by atoms with Crippen LogP contribution < -0.4 is 5.32 Å². The van der Waals surface area contributed by atoms with Crippen molar-refractivity contribution >= 4 is 11.9 Å². The van der Waals surface area contributed by atoms with E-state index >= 15 is 0 Å². The maximum absolute atomic E-state index is 12.2. The minimum Gasteiger partial charge on any atom is -0.481 e. The number of carboxylic acids is 1. The molecule has 1 aliphatic rings. The van der Waals surface area contributed by atoms with Crippen LogP contribution in [0.3, 0.4) is 0 Å². The molecule has 3 unspecified atom stereocenters. The third-order valence-corrected chi connectivity index (χ3v) is 4.11. The topological polar surface area (TPSA) is 66.4 Å². The van der Waals surface area contributed by atoms with Gasteiger partial charge in [0.2, 0.25) is 5.91 Å². The first-order valence-electron chi connectivity index (χ1n) is 7.09. The number of aliphatic carboxylic acids is 1. The molecule has 1 aliphatic carbocycles. The fourth-order valence-corrected chi connectivity index (χ4v) is 2.83. The first-order chi connectivity index (χ1) is 9.49. The quantitative estimate of drug-likeness (QED) is 0.887. The highest BCUT2D eigenvalue weighted by atomic mass is 16.4. The summed E-state index contributed by atoms with van der Waals surface area (Å²) in [4.78, 5) is 23.4. The van der Waals surface area contributed by atoms with Gasteiger partial charge in [-0.25, -0.2) is 0 Å². The van der Waals surface area contributed by atoms with Crippen LogP contribution in [0.5, 0.6) is 0 Å². The van der Waals surface area contributed by atoms with E-state index in [4.69, 9.17) is 5.11 Å². The molecule has 108 valence electrons. The highest BCUT2D eigenvalue weighted by Gasteiger charge is 2.38. The molecule has 3 atom stereocenters. The summed E-state index contributed by atoms with van der Waals surface area (Å²) in [6, 6.07) is 7.90. The van der Waals surface area contributed by atoms with Crippen LogP contribution in [0.25, 0.3) is 0 Å². The third-order valence-electron chi connectivity index (χ3n) is 4.11. The molecule has 2 rings (SSSR count). The average molecular weight is 275 g/mol. The van der Waals surface area contributed by atoms with Crippen LogP contribution in [0.15, 0.2) is 24.3 Å². The highest BCUT2D eigenvalue weighted by molar-refractivity contribution is 5.85. The molecule has 1 aromatic rings. The normalized spacial score (nSPS) is 23.3. The number of hydrogen-bond donors (Lipinski definition) is 2. The molecule has 1 saturated carbocycles. The molecule has 4 heteroatoms. The fourth-order valence-electron chi connectivity index (χ4n) is 2.83. The van der Waals surface area contributed by atoms with E-state index in [1.807, 2.05) is 38.1 Å². The van der Waals surface area contributed by atoms with Gasteiger partial charge in [0, 0.05) is 0 Å². The van der Waals surface area contributed by atoms with Crippen molar-refractivity contribution in [3.63, 3.8) is 0 Å². The minimum atomic E-state index is -0.856. The van der Waals surface area contributed by atoms with Crippen molar-refractivity contribution in [1.29, 1.82) is 0 Å². The summed E-state index contributed by atoms with van der Waals surface area (Å²) in [6.07, 6.45) is 2.09. The van der Waals surface area contributed by atoms with E-state index in [9.17, 15) is 9.59 Å². The van der Waals surface area contributed by atoms with Gasteiger partial charge in [0.25, 0.3) is 0 Å². The number of nitrogens with one attached hydrogen (secondary N) is 1. The van der Waals surface area contributed by atoms with Crippen molar-refractivity contribution in [2.24, 2.45) is 11.8 Å². The van der Waals surface area contributed by atoms with Crippen molar-refractivity contribution in [2.45, 2.75) is 39.2 Å². The van der Waals surface area contributed by atoms with Crippen molar-refractivity contribution in [3.8, 4) is 0 Å². The van der Waals surface area contributed by atoms with E-state index in [2.05, 4.69) is 5.32 Å². The Morgan fingerprint density at radius 3 is 2.40 bits per heavy atom. The summed E-state index contributed by atoms with van der Waals surface area (Å²) in [6.45, 7) is 3.94. The predicted molar refractivity (Wildman–Crippen MR) is 76.2 cm³/mol. The van der Waals surface area contributed by atoms with Gasteiger partial charge in [0.05, 0.1) is 17.9 Å². The number of aryl methyl sites for hydroxylation is 1. The second kappa shape index (κ2) is 6.07. The molecule has 2 N–H and O–H groups in total. The molecule has 0 saturated heterocycles. The number of carboxylic acid groups (broad SMARTS) is 1. The highest BCUT2D eigenvalue weighted by Crippen LogP contribution is 2.32. The molecule has 1 fully saturated rings. The van der Waals surface area contributed by atoms with Crippen LogP contribution in [0.1, 0.15) is 43.4 Å². The van der Waals surface area contributed by atoms with Gasteiger partial charge in [-0.2, -0.15) is 0 Å². The Kier molecular flexibility index (Phi) is 4.42. The molecular weight excluding hydrogens is 254 g/mol. The Bertz CT molecular complexity index is 495. The number of carbonyl (C=O) groups excluding carboxylic acids is 1. The van der Waals surface area contributed by atoms with Crippen LogP contribution in [0.4, 0.5) is 0 Å². The second-order valence-electron chi connectivity index (χ2n) is 5.62. The Morgan fingerprint density at radius 2 is 1.80 bits per heavy atom. The van der Waals surface area contributed by atoms with E-state index in [1.165, 1.54) is 5.56 Å². The van der Waals surface area contributed by atoms with Crippen molar-refractivity contribution < 1.29 is 14.7 Å². The molecular formula is C16H21NO3. The maximum atomic E-state index is 12.2. The van der Waals surface area contributed by atoms with E-state index in [0.717, 1.165) is 12.0 Å². The van der Waals surface area contributed by atoms with Gasteiger partial charge in [-0.05, 0) is 32.3 Å². The standard InChI is InChI=1S/C16H21NO3/c1-10-6-8-12(9-7-10)11(2)17-15(18)13-4-3-5-14(13)16(19)20/h6-9,11,13-14H,3-5H2,1-2H3,(H,17,18)(H,19,20). The van der Waals surface area contributed by atoms with E-state index in [1.54, 1.807) is 0 Å². The van der Waals surface area contributed by atoms with Gasteiger partial charge >= 0.3 is 5.97 Å². The maximum Gasteiger partial charge on any atom is 0.307 e. The van der Waals surface area contributed by atoms with Crippen LogP contribution in [-0.4, -0.2) is 17.0 Å². The molecule has 4 nitrogen and oxygen atoms in total. The zero-order valence-electron chi connectivity index (χ0n) is 11.9. The van der Waals surface area contributed by atoms with Crippen LogP contribution in [0.2, 0.25) is 0 Å². The summed E-state index contributed by atoms with van der Waals surface area (Å²) in [5.41, 5.74) is 2.21. The first-order valence-corrected chi connectivity index (χ1v) is 7.09. The van der Waals surface area contributed by atoms with Gasteiger partial charge in [-0.3, -0.25) is 9.59 Å².